The van der Waals surface area contributed by atoms with Gasteiger partial charge in [-0.3, -0.25) is 14.9 Å². The molecule has 0 aromatic rings. The van der Waals surface area contributed by atoms with E-state index in [-0.39, 0.29) is 11.5 Å². The van der Waals surface area contributed by atoms with Crippen LogP contribution in [0.3, 0.4) is 0 Å². The molecular weight excluding hydrogens is 280 g/mol. The summed E-state index contributed by atoms with van der Waals surface area (Å²) in [5, 5.41) is 1.68. The molecule has 0 rings (SSSR count). The van der Waals surface area contributed by atoms with Gasteiger partial charge in [-0.05, 0) is 13.8 Å². The molecule has 0 radical (unpaired) electrons. The molecule has 0 saturated carbocycles. The van der Waals surface area contributed by atoms with Crippen LogP contribution in [0.15, 0.2) is 11.8 Å². The van der Waals surface area contributed by atoms with Crippen LogP contribution in [0.25, 0.3) is 0 Å². The molecule has 0 unspecified atom stereocenters. The Morgan fingerprint density at radius 2 is 1.69 bits per heavy atom. The number of nitrogens with one attached hydrogen (secondary N) is 1. The zero-order valence-corrected chi connectivity index (χ0v) is 10.6. The fourth-order valence-corrected chi connectivity index (χ4v) is 0.793. The topological polar surface area (TPSA) is 72.5 Å². The van der Waals surface area contributed by atoms with Crippen molar-refractivity contribution < 1.29 is 19.1 Å². The molecule has 0 aromatic heterocycles. The second-order valence-corrected chi connectivity index (χ2v) is 4.99. The molecule has 0 heterocycles. The van der Waals surface area contributed by atoms with E-state index in [4.69, 9.17) is 34.8 Å². The maximum atomic E-state index is 11.0. The molecule has 0 aliphatic rings. The van der Waals surface area contributed by atoms with Crippen LogP contribution in [-0.2, 0) is 14.3 Å². The van der Waals surface area contributed by atoms with Crippen LogP contribution in [0.4, 0.5) is 4.79 Å². The normalized spacial score (nSPS) is 11.9. The van der Waals surface area contributed by atoms with Crippen molar-refractivity contribution in [1.82, 2.24) is 5.32 Å². The molecule has 0 spiro atoms. The van der Waals surface area contributed by atoms with E-state index in [0.29, 0.717) is 0 Å². The predicted octanol–water partition coefficient (Wildman–Crippen LogP) is 2.10. The summed E-state index contributed by atoms with van der Waals surface area (Å²) in [5.41, 5.74) is 0. The second kappa shape index (κ2) is 6.08. The Morgan fingerprint density at radius 1 is 1.19 bits per heavy atom. The summed E-state index contributed by atoms with van der Waals surface area (Å²) in [5.74, 6) is -1.43. The number of ether oxygens (including phenoxy) is 1. The molecular formula is C8H8Cl3NO4. The third-order valence-electron chi connectivity index (χ3n) is 1.13. The van der Waals surface area contributed by atoms with Crippen molar-refractivity contribution in [2.75, 3.05) is 0 Å². The number of imide groups is 1. The van der Waals surface area contributed by atoms with Crippen LogP contribution < -0.4 is 5.32 Å². The molecule has 0 fully saturated rings. The van der Waals surface area contributed by atoms with Crippen LogP contribution in [0.1, 0.15) is 13.8 Å². The van der Waals surface area contributed by atoms with Crippen LogP contribution in [-0.4, -0.2) is 21.6 Å². The van der Waals surface area contributed by atoms with Crippen LogP contribution in [0.2, 0.25) is 0 Å². The molecule has 2 amide bonds. The number of carbonyl (C=O) groups is 3. The van der Waals surface area contributed by atoms with Gasteiger partial charge in [0.15, 0.2) is 5.78 Å². The first kappa shape index (κ1) is 15.2. The van der Waals surface area contributed by atoms with Gasteiger partial charge in [0.1, 0.15) is 5.76 Å². The van der Waals surface area contributed by atoms with Gasteiger partial charge in [-0.2, -0.15) is 0 Å². The Hall–Kier alpha value is -0.780. The molecule has 0 aliphatic heterocycles. The van der Waals surface area contributed by atoms with Gasteiger partial charge in [-0.15, -0.1) is 0 Å². The average molecular weight is 289 g/mol. The van der Waals surface area contributed by atoms with Crippen molar-refractivity contribution in [2.45, 2.75) is 17.6 Å². The number of alkyl halides is 3. The first-order chi connectivity index (χ1) is 7.12. The number of hydrogen-bond donors (Lipinski definition) is 1. The summed E-state index contributed by atoms with van der Waals surface area (Å²) in [4.78, 5) is 32.6. The van der Waals surface area contributed by atoms with E-state index in [2.05, 4.69) is 4.74 Å². The molecule has 8 heteroatoms. The molecule has 0 atom stereocenters. The first-order valence-electron chi connectivity index (χ1n) is 3.91. The van der Waals surface area contributed by atoms with Gasteiger partial charge in [0, 0.05) is 6.08 Å². The summed E-state index contributed by atoms with van der Waals surface area (Å²) in [6.45, 7) is 2.64. The SMILES string of the molecule is CC(=O)/C=C(\C)OC(=O)NC(=O)C(Cl)(Cl)Cl. The van der Waals surface area contributed by atoms with E-state index in [1.165, 1.54) is 13.8 Å². The third-order valence-corrected chi connectivity index (χ3v) is 1.65. The fourth-order valence-electron chi connectivity index (χ4n) is 0.651. The minimum Gasteiger partial charge on any atom is -0.415 e. The number of hydrogen-bond acceptors (Lipinski definition) is 4. The Morgan fingerprint density at radius 3 is 2.06 bits per heavy atom. The van der Waals surface area contributed by atoms with Crippen molar-refractivity contribution in [3.05, 3.63) is 11.8 Å². The number of amides is 2. The summed E-state index contributed by atoms with van der Waals surface area (Å²) < 4.78 is 2.27. The number of allylic oxidation sites excluding steroid dienone is 2. The average Bonchev–Trinajstić information content (AvgIpc) is 1.98. The highest BCUT2D eigenvalue weighted by Gasteiger charge is 2.32. The zero-order valence-electron chi connectivity index (χ0n) is 8.34. The molecule has 90 valence electrons. The van der Waals surface area contributed by atoms with Gasteiger partial charge < -0.3 is 4.74 Å². The van der Waals surface area contributed by atoms with E-state index in [1.54, 1.807) is 5.32 Å². The van der Waals surface area contributed by atoms with Gasteiger partial charge in [-0.1, -0.05) is 34.8 Å². The van der Waals surface area contributed by atoms with Crippen molar-refractivity contribution in [2.24, 2.45) is 0 Å². The lowest BCUT2D eigenvalue weighted by molar-refractivity contribution is -0.119. The van der Waals surface area contributed by atoms with E-state index >= 15 is 0 Å². The van der Waals surface area contributed by atoms with Crippen molar-refractivity contribution in [1.29, 1.82) is 0 Å². The lowest BCUT2D eigenvalue weighted by atomic mass is 10.4. The number of halogens is 3. The van der Waals surface area contributed by atoms with E-state index < -0.39 is 15.8 Å². The number of carbonyl (C=O) groups excluding carboxylic acids is 3. The molecule has 0 aliphatic carbocycles. The van der Waals surface area contributed by atoms with Crippen LogP contribution in [0.5, 0.6) is 0 Å². The predicted molar refractivity (Wildman–Crippen MR) is 59.4 cm³/mol. The lowest BCUT2D eigenvalue weighted by Gasteiger charge is -2.10. The molecule has 5 nitrogen and oxygen atoms in total. The van der Waals surface area contributed by atoms with Gasteiger partial charge in [-0.25, -0.2) is 4.79 Å². The molecule has 16 heavy (non-hydrogen) atoms. The highest BCUT2D eigenvalue weighted by atomic mass is 35.6. The lowest BCUT2D eigenvalue weighted by Crippen LogP contribution is -2.38. The Bertz CT molecular complexity index is 346. The van der Waals surface area contributed by atoms with E-state index in [0.717, 1.165) is 6.08 Å². The van der Waals surface area contributed by atoms with Gasteiger partial charge >= 0.3 is 6.09 Å². The summed E-state index contributed by atoms with van der Waals surface area (Å²) in [6.07, 6.45) is -0.0642. The van der Waals surface area contributed by atoms with Crippen LogP contribution in [0, 0.1) is 0 Å². The molecule has 0 saturated heterocycles. The largest absolute Gasteiger partial charge is 0.419 e. The smallest absolute Gasteiger partial charge is 0.415 e. The van der Waals surface area contributed by atoms with Crippen molar-refractivity contribution in [3.63, 3.8) is 0 Å². The first-order valence-corrected chi connectivity index (χ1v) is 5.05. The Kier molecular flexibility index (Phi) is 5.78. The van der Waals surface area contributed by atoms with Gasteiger partial charge in [0.25, 0.3) is 9.70 Å². The van der Waals surface area contributed by atoms with E-state index in [9.17, 15) is 14.4 Å². The van der Waals surface area contributed by atoms with E-state index in [1.807, 2.05) is 0 Å². The number of alkyl carbamates (subject to hydrolysis) is 1. The highest BCUT2D eigenvalue weighted by molar-refractivity contribution is 6.76. The van der Waals surface area contributed by atoms with Crippen LogP contribution >= 0.6 is 34.8 Å². The molecule has 0 aromatic carbocycles. The standard InChI is InChI=1S/C8H8Cl3NO4/c1-4(13)3-5(2)16-7(15)12-6(14)8(9,10)11/h3H,1-2H3,(H,12,14,15)/b5-3+. The summed E-state index contributed by atoms with van der Waals surface area (Å²) in [7, 11) is 0. The highest BCUT2D eigenvalue weighted by Crippen LogP contribution is 2.25. The third kappa shape index (κ3) is 6.66. The Labute approximate surface area is 107 Å². The maximum Gasteiger partial charge on any atom is 0.419 e. The minimum atomic E-state index is -2.25. The van der Waals surface area contributed by atoms with Crippen molar-refractivity contribution >= 4 is 52.6 Å². The van der Waals surface area contributed by atoms with Crippen molar-refractivity contribution in [3.8, 4) is 0 Å². The second-order valence-electron chi connectivity index (χ2n) is 2.71. The van der Waals surface area contributed by atoms with Gasteiger partial charge in [0.05, 0.1) is 0 Å². The quantitative estimate of drug-likeness (QED) is 0.480. The van der Waals surface area contributed by atoms with Gasteiger partial charge in [0.2, 0.25) is 0 Å². The molecule has 0 bridgehead atoms. The fraction of sp³-hybridized carbons (Fsp3) is 0.375. The summed E-state index contributed by atoms with van der Waals surface area (Å²) >= 11 is 15.6. The maximum absolute atomic E-state index is 11.0. The Balaban J connectivity index is 4.31. The monoisotopic (exact) mass is 287 g/mol. The zero-order chi connectivity index (χ0) is 12.9. The molecule has 1 N–H and O–H groups in total. The number of rotatable bonds is 2. The number of ketones is 1. The minimum absolute atomic E-state index is 0.0158. The summed E-state index contributed by atoms with van der Waals surface area (Å²) in [6, 6.07) is 0.